The molecule has 4 nitrogen and oxygen atoms in total. The van der Waals surface area contributed by atoms with Crippen LogP contribution in [-0.2, 0) is 6.42 Å². The van der Waals surface area contributed by atoms with Crippen LogP contribution in [0.1, 0.15) is 28.7 Å². The fourth-order valence-electron chi connectivity index (χ4n) is 2.66. The van der Waals surface area contributed by atoms with Crippen LogP contribution in [0.25, 0.3) is 16.7 Å². The van der Waals surface area contributed by atoms with Crippen molar-refractivity contribution in [3.63, 3.8) is 0 Å². The van der Waals surface area contributed by atoms with Crippen molar-refractivity contribution in [1.29, 1.82) is 0 Å². The minimum Gasteiger partial charge on any atom is -0.478 e. The maximum Gasteiger partial charge on any atom is 0.335 e. The molecule has 2 aromatic carbocycles. The van der Waals surface area contributed by atoms with E-state index < -0.39 is 5.97 Å². The SMILES string of the molecule is CCc1ccccc1-n1c(C)nc2ccc(C(=O)O)cc21. The summed E-state index contributed by atoms with van der Waals surface area (Å²) in [5.41, 5.74) is 4.18. The highest BCUT2D eigenvalue weighted by molar-refractivity contribution is 5.93. The predicted octanol–water partition coefficient (Wildman–Crippen LogP) is 3.59. The molecule has 0 spiro atoms. The third-order valence-corrected chi connectivity index (χ3v) is 3.68. The van der Waals surface area contributed by atoms with Crippen molar-refractivity contribution in [1.82, 2.24) is 9.55 Å². The average Bonchev–Trinajstić information content (AvgIpc) is 2.81. The van der Waals surface area contributed by atoms with Gasteiger partial charge in [-0.15, -0.1) is 0 Å². The Morgan fingerprint density at radius 1 is 1.24 bits per heavy atom. The van der Waals surface area contributed by atoms with Crippen LogP contribution in [0.4, 0.5) is 0 Å². The minimum absolute atomic E-state index is 0.276. The molecule has 0 fully saturated rings. The van der Waals surface area contributed by atoms with Gasteiger partial charge in [-0.2, -0.15) is 0 Å². The van der Waals surface area contributed by atoms with Crippen LogP contribution < -0.4 is 0 Å². The number of fused-ring (bicyclic) bond motifs is 1. The summed E-state index contributed by atoms with van der Waals surface area (Å²) in [6.45, 7) is 4.04. The summed E-state index contributed by atoms with van der Waals surface area (Å²) in [6, 6.07) is 13.2. The zero-order valence-electron chi connectivity index (χ0n) is 12.0. The second kappa shape index (κ2) is 5.05. The molecule has 1 N–H and O–H groups in total. The second-order valence-corrected chi connectivity index (χ2v) is 4.99. The van der Waals surface area contributed by atoms with Crippen LogP contribution >= 0.6 is 0 Å². The van der Waals surface area contributed by atoms with Crippen molar-refractivity contribution in [3.05, 3.63) is 59.4 Å². The molecule has 0 aliphatic carbocycles. The number of carbonyl (C=O) groups is 1. The number of hydrogen-bond acceptors (Lipinski definition) is 2. The Hall–Kier alpha value is -2.62. The number of carboxylic acids is 1. The summed E-state index contributed by atoms with van der Waals surface area (Å²) in [6.07, 6.45) is 0.911. The minimum atomic E-state index is -0.925. The molecule has 3 aromatic rings. The zero-order chi connectivity index (χ0) is 15.0. The van der Waals surface area contributed by atoms with E-state index in [1.165, 1.54) is 5.56 Å². The number of hydrogen-bond donors (Lipinski definition) is 1. The van der Waals surface area contributed by atoms with Crippen LogP contribution in [0.15, 0.2) is 42.5 Å². The van der Waals surface area contributed by atoms with E-state index in [9.17, 15) is 9.90 Å². The molecular weight excluding hydrogens is 264 g/mol. The van der Waals surface area contributed by atoms with Gasteiger partial charge in [0.05, 0.1) is 22.3 Å². The van der Waals surface area contributed by atoms with Gasteiger partial charge in [-0.3, -0.25) is 4.57 Å². The van der Waals surface area contributed by atoms with Gasteiger partial charge in [-0.05, 0) is 43.2 Å². The van der Waals surface area contributed by atoms with Crippen LogP contribution in [0.3, 0.4) is 0 Å². The first-order valence-electron chi connectivity index (χ1n) is 6.92. The molecule has 4 heteroatoms. The Morgan fingerprint density at radius 3 is 2.71 bits per heavy atom. The van der Waals surface area contributed by atoms with E-state index in [1.54, 1.807) is 18.2 Å². The number of benzene rings is 2. The molecule has 1 heterocycles. The molecule has 0 saturated carbocycles. The molecule has 0 saturated heterocycles. The number of nitrogens with zero attached hydrogens (tertiary/aromatic N) is 2. The predicted molar refractivity (Wildman–Crippen MR) is 82.1 cm³/mol. The molecule has 1 aromatic heterocycles. The van der Waals surface area contributed by atoms with Crippen molar-refractivity contribution < 1.29 is 9.90 Å². The average molecular weight is 280 g/mol. The van der Waals surface area contributed by atoms with Crippen molar-refractivity contribution >= 4 is 17.0 Å². The molecule has 0 atom stereocenters. The Morgan fingerprint density at radius 2 is 2.00 bits per heavy atom. The van der Waals surface area contributed by atoms with Crippen molar-refractivity contribution in [2.45, 2.75) is 20.3 Å². The lowest BCUT2D eigenvalue weighted by molar-refractivity contribution is 0.0697. The molecule has 106 valence electrons. The molecule has 0 radical (unpaired) electrons. The molecule has 0 amide bonds. The van der Waals surface area contributed by atoms with Gasteiger partial charge in [-0.25, -0.2) is 9.78 Å². The number of imidazole rings is 1. The molecule has 3 rings (SSSR count). The first kappa shape index (κ1) is 13.4. The number of aromatic carboxylic acids is 1. The standard InChI is InChI=1S/C17H16N2O2/c1-3-12-6-4-5-7-15(12)19-11(2)18-14-9-8-13(17(20)21)10-16(14)19/h4-10H,3H2,1-2H3,(H,20,21). The fraction of sp³-hybridized carbons (Fsp3) is 0.176. The second-order valence-electron chi connectivity index (χ2n) is 4.99. The third-order valence-electron chi connectivity index (χ3n) is 3.68. The Balaban J connectivity index is 2.33. The van der Waals surface area contributed by atoms with E-state index >= 15 is 0 Å². The lowest BCUT2D eigenvalue weighted by atomic mass is 10.1. The highest BCUT2D eigenvalue weighted by Gasteiger charge is 2.13. The normalized spacial score (nSPS) is 11.0. The Labute approximate surface area is 122 Å². The number of carboxylic acid groups (broad SMARTS) is 1. The molecule has 0 aliphatic heterocycles. The molecule has 0 bridgehead atoms. The van der Waals surface area contributed by atoms with Gasteiger partial charge in [0.2, 0.25) is 0 Å². The highest BCUT2D eigenvalue weighted by atomic mass is 16.4. The number of aromatic nitrogens is 2. The first-order valence-corrected chi connectivity index (χ1v) is 6.92. The number of para-hydroxylation sites is 1. The van der Waals surface area contributed by atoms with Gasteiger partial charge in [0.15, 0.2) is 0 Å². The highest BCUT2D eigenvalue weighted by Crippen LogP contribution is 2.25. The lowest BCUT2D eigenvalue weighted by Crippen LogP contribution is -2.02. The first-order chi connectivity index (χ1) is 10.1. The van der Waals surface area contributed by atoms with Crippen LogP contribution in [0, 0.1) is 6.92 Å². The van der Waals surface area contributed by atoms with E-state index in [1.807, 2.05) is 29.7 Å². The van der Waals surface area contributed by atoms with Crippen molar-refractivity contribution in [2.75, 3.05) is 0 Å². The fourth-order valence-corrected chi connectivity index (χ4v) is 2.66. The topological polar surface area (TPSA) is 55.1 Å². The maximum atomic E-state index is 11.2. The van der Waals surface area contributed by atoms with E-state index in [4.69, 9.17) is 0 Å². The quantitative estimate of drug-likeness (QED) is 0.797. The maximum absolute atomic E-state index is 11.2. The van der Waals surface area contributed by atoms with Crippen LogP contribution in [-0.4, -0.2) is 20.6 Å². The van der Waals surface area contributed by atoms with Gasteiger partial charge in [0, 0.05) is 0 Å². The van der Waals surface area contributed by atoms with E-state index in [-0.39, 0.29) is 5.56 Å². The van der Waals surface area contributed by atoms with E-state index in [2.05, 4.69) is 18.0 Å². The number of aryl methyl sites for hydroxylation is 2. The van der Waals surface area contributed by atoms with Crippen LogP contribution in [0.5, 0.6) is 0 Å². The van der Waals surface area contributed by atoms with E-state index in [0.717, 1.165) is 29.0 Å². The summed E-state index contributed by atoms with van der Waals surface area (Å²) in [7, 11) is 0. The van der Waals surface area contributed by atoms with Crippen molar-refractivity contribution in [3.8, 4) is 5.69 Å². The molecular formula is C17H16N2O2. The summed E-state index contributed by atoms with van der Waals surface area (Å²) < 4.78 is 2.03. The van der Waals surface area contributed by atoms with Gasteiger partial charge in [0.1, 0.15) is 5.82 Å². The van der Waals surface area contributed by atoms with Gasteiger partial charge < -0.3 is 5.11 Å². The van der Waals surface area contributed by atoms with E-state index in [0.29, 0.717) is 0 Å². The summed E-state index contributed by atoms with van der Waals surface area (Å²) in [4.78, 5) is 15.7. The molecule has 0 aliphatic rings. The van der Waals surface area contributed by atoms with Gasteiger partial charge >= 0.3 is 5.97 Å². The monoisotopic (exact) mass is 280 g/mol. The summed E-state index contributed by atoms with van der Waals surface area (Å²) in [5.74, 6) is -0.0699. The Kier molecular flexibility index (Phi) is 3.22. The van der Waals surface area contributed by atoms with Gasteiger partial charge in [-0.1, -0.05) is 25.1 Å². The van der Waals surface area contributed by atoms with Crippen LogP contribution in [0.2, 0.25) is 0 Å². The van der Waals surface area contributed by atoms with Crippen molar-refractivity contribution in [2.24, 2.45) is 0 Å². The lowest BCUT2D eigenvalue weighted by Gasteiger charge is -2.11. The third kappa shape index (κ3) is 2.18. The summed E-state index contributed by atoms with van der Waals surface area (Å²) >= 11 is 0. The molecule has 0 unspecified atom stereocenters. The summed E-state index contributed by atoms with van der Waals surface area (Å²) in [5, 5.41) is 9.18. The smallest absolute Gasteiger partial charge is 0.335 e. The zero-order valence-corrected chi connectivity index (χ0v) is 12.0. The number of rotatable bonds is 3. The molecule has 21 heavy (non-hydrogen) atoms. The Bertz CT molecular complexity index is 834. The van der Waals surface area contributed by atoms with Gasteiger partial charge in [0.25, 0.3) is 0 Å². The largest absolute Gasteiger partial charge is 0.478 e.